The predicted octanol–water partition coefficient (Wildman–Crippen LogP) is 4.23. The summed E-state index contributed by atoms with van der Waals surface area (Å²) in [6.07, 6.45) is 0.467. The van der Waals surface area contributed by atoms with Crippen molar-refractivity contribution in [1.29, 1.82) is 0 Å². The maximum Gasteiger partial charge on any atom is 0.332 e. The molecule has 10 heteroatoms. The largest absolute Gasteiger partial charge is 0.352 e. The number of anilines is 1. The minimum absolute atomic E-state index is 0.0679. The average molecular weight is 539 g/mol. The summed E-state index contributed by atoms with van der Waals surface area (Å²) in [6, 6.07) is 14.7. The van der Waals surface area contributed by atoms with Crippen molar-refractivity contribution in [3.8, 4) is 0 Å². The van der Waals surface area contributed by atoms with Gasteiger partial charge in [0.15, 0.2) is 0 Å². The summed E-state index contributed by atoms with van der Waals surface area (Å²) in [5, 5.41) is 7.84. The lowest BCUT2D eigenvalue weighted by Crippen LogP contribution is -2.41. The number of rotatable bonds is 9. The molecule has 2 heterocycles. The van der Waals surface area contributed by atoms with E-state index in [1.54, 1.807) is 29.6 Å². The van der Waals surface area contributed by atoms with Gasteiger partial charge < -0.3 is 10.6 Å². The van der Waals surface area contributed by atoms with Crippen LogP contribution in [-0.2, 0) is 29.2 Å². The third kappa shape index (κ3) is 6.36. The highest BCUT2D eigenvalue weighted by Crippen LogP contribution is 2.20. The molecule has 2 amide bonds. The van der Waals surface area contributed by atoms with Crippen LogP contribution in [0.4, 0.5) is 5.69 Å². The number of hydrogen-bond donors (Lipinski definition) is 2. The van der Waals surface area contributed by atoms with Crippen LogP contribution in [0.3, 0.4) is 0 Å². The van der Waals surface area contributed by atoms with Gasteiger partial charge in [0.05, 0.1) is 5.52 Å². The molecule has 2 aromatic heterocycles. The zero-order valence-corrected chi connectivity index (χ0v) is 22.1. The molecule has 0 unspecified atom stereocenters. The molecule has 4 aromatic rings. The summed E-state index contributed by atoms with van der Waals surface area (Å²) in [7, 11) is 0. The molecule has 0 saturated carbocycles. The molecule has 0 aliphatic carbocycles. The van der Waals surface area contributed by atoms with E-state index in [0.29, 0.717) is 33.9 Å². The predicted molar refractivity (Wildman–Crippen MR) is 147 cm³/mol. The molecular formula is C27H27ClN4O4S. The van der Waals surface area contributed by atoms with Crippen molar-refractivity contribution in [1.82, 2.24) is 14.5 Å². The van der Waals surface area contributed by atoms with Crippen LogP contribution in [0.15, 0.2) is 63.5 Å². The molecular weight excluding hydrogens is 512 g/mol. The fourth-order valence-electron chi connectivity index (χ4n) is 3.94. The van der Waals surface area contributed by atoms with E-state index < -0.39 is 17.2 Å². The number of nitrogens with zero attached hydrogens (tertiary/aromatic N) is 2. The monoisotopic (exact) mass is 538 g/mol. The second kappa shape index (κ2) is 11.6. The van der Waals surface area contributed by atoms with E-state index in [1.165, 1.54) is 15.9 Å². The Balaban J connectivity index is 1.45. The Kier molecular flexibility index (Phi) is 8.25. The highest BCUT2D eigenvalue weighted by molar-refractivity contribution is 7.17. The number of fused-ring (bicyclic) bond motifs is 1. The topological polar surface area (TPSA) is 102 Å². The molecule has 0 radical (unpaired) electrons. The van der Waals surface area contributed by atoms with E-state index in [-0.39, 0.29) is 25.4 Å². The van der Waals surface area contributed by atoms with Gasteiger partial charge in [-0.3, -0.25) is 23.5 Å². The molecule has 0 atom stereocenters. The zero-order valence-electron chi connectivity index (χ0n) is 20.5. The third-order valence-corrected chi connectivity index (χ3v) is 7.13. The van der Waals surface area contributed by atoms with Gasteiger partial charge in [-0.15, -0.1) is 11.3 Å². The van der Waals surface area contributed by atoms with Crippen LogP contribution < -0.4 is 21.9 Å². The number of carbonyl (C=O) groups excluding carboxylic acids is 2. The van der Waals surface area contributed by atoms with Crippen LogP contribution in [0, 0.1) is 13.8 Å². The Morgan fingerprint density at radius 3 is 2.49 bits per heavy atom. The van der Waals surface area contributed by atoms with Crippen molar-refractivity contribution in [2.45, 2.75) is 46.3 Å². The Hall–Kier alpha value is -3.69. The molecule has 0 saturated heterocycles. The van der Waals surface area contributed by atoms with Crippen LogP contribution in [0.2, 0.25) is 5.02 Å². The molecule has 4 rings (SSSR count). The van der Waals surface area contributed by atoms with E-state index in [4.69, 9.17) is 11.6 Å². The van der Waals surface area contributed by atoms with Gasteiger partial charge in [-0.1, -0.05) is 47.5 Å². The lowest BCUT2D eigenvalue weighted by molar-refractivity contribution is -0.121. The third-order valence-electron chi connectivity index (χ3n) is 6.01. The smallest absolute Gasteiger partial charge is 0.332 e. The number of carbonyl (C=O) groups is 2. The second-order valence-electron chi connectivity index (χ2n) is 8.83. The van der Waals surface area contributed by atoms with Gasteiger partial charge in [-0.2, -0.15) is 0 Å². The van der Waals surface area contributed by atoms with Crippen LogP contribution in [0.25, 0.3) is 10.2 Å². The minimum atomic E-state index is -0.589. The lowest BCUT2D eigenvalue weighted by Gasteiger charge is -2.13. The van der Waals surface area contributed by atoms with E-state index >= 15 is 0 Å². The van der Waals surface area contributed by atoms with E-state index in [2.05, 4.69) is 10.6 Å². The van der Waals surface area contributed by atoms with E-state index in [0.717, 1.165) is 21.3 Å². The fourth-order valence-corrected chi connectivity index (χ4v) is 4.95. The van der Waals surface area contributed by atoms with Crippen molar-refractivity contribution >= 4 is 50.7 Å². The number of aromatic nitrogens is 2. The first-order valence-corrected chi connectivity index (χ1v) is 13.1. The van der Waals surface area contributed by atoms with Crippen molar-refractivity contribution in [2.24, 2.45) is 0 Å². The molecule has 8 nitrogen and oxygen atoms in total. The molecule has 37 heavy (non-hydrogen) atoms. The average Bonchev–Trinajstić information content (AvgIpc) is 3.36. The summed E-state index contributed by atoms with van der Waals surface area (Å²) in [6.45, 7) is 4.05. The lowest BCUT2D eigenvalue weighted by atomic mass is 10.1. The summed E-state index contributed by atoms with van der Waals surface area (Å²) < 4.78 is 2.78. The maximum atomic E-state index is 13.3. The van der Waals surface area contributed by atoms with Gasteiger partial charge in [0.25, 0.3) is 5.56 Å². The summed E-state index contributed by atoms with van der Waals surface area (Å²) in [5.41, 5.74) is 2.92. The molecule has 0 aliphatic rings. The molecule has 0 bridgehead atoms. The van der Waals surface area contributed by atoms with Gasteiger partial charge in [0.1, 0.15) is 11.2 Å². The van der Waals surface area contributed by atoms with Gasteiger partial charge in [0.2, 0.25) is 11.8 Å². The summed E-state index contributed by atoms with van der Waals surface area (Å²) in [5.74, 6) is -0.580. The highest BCUT2D eigenvalue weighted by atomic mass is 35.5. The van der Waals surface area contributed by atoms with E-state index in [1.807, 2.05) is 38.1 Å². The number of thiophene rings is 1. The molecule has 192 valence electrons. The minimum Gasteiger partial charge on any atom is -0.352 e. The fraction of sp³-hybridized carbons (Fsp3) is 0.259. The number of nitrogens with one attached hydrogen (secondary N) is 2. The van der Waals surface area contributed by atoms with Crippen molar-refractivity contribution in [2.75, 3.05) is 5.32 Å². The summed E-state index contributed by atoms with van der Waals surface area (Å²) in [4.78, 5) is 51.4. The first-order chi connectivity index (χ1) is 17.7. The number of hydrogen-bond acceptors (Lipinski definition) is 5. The van der Waals surface area contributed by atoms with Gasteiger partial charge in [0, 0.05) is 30.2 Å². The van der Waals surface area contributed by atoms with Crippen molar-refractivity contribution in [3.05, 3.63) is 96.5 Å². The second-order valence-corrected chi connectivity index (χ2v) is 10.2. The molecule has 0 aliphatic heterocycles. The highest BCUT2D eigenvalue weighted by Gasteiger charge is 2.17. The molecule has 0 fully saturated rings. The normalized spacial score (nSPS) is 11.0. The van der Waals surface area contributed by atoms with Gasteiger partial charge in [-0.25, -0.2) is 4.79 Å². The van der Waals surface area contributed by atoms with Gasteiger partial charge >= 0.3 is 5.69 Å². The van der Waals surface area contributed by atoms with Crippen molar-refractivity contribution in [3.63, 3.8) is 0 Å². The van der Waals surface area contributed by atoms with Crippen LogP contribution >= 0.6 is 22.9 Å². The first kappa shape index (κ1) is 26.4. The Labute approximate surface area is 222 Å². The number of amides is 2. The van der Waals surface area contributed by atoms with Crippen LogP contribution in [0.5, 0.6) is 0 Å². The number of benzene rings is 2. The Bertz CT molecular complexity index is 1570. The van der Waals surface area contributed by atoms with Crippen molar-refractivity contribution < 1.29 is 9.59 Å². The van der Waals surface area contributed by atoms with Crippen LogP contribution in [-0.4, -0.2) is 20.9 Å². The maximum absolute atomic E-state index is 13.3. The Morgan fingerprint density at radius 1 is 0.973 bits per heavy atom. The SMILES string of the molecule is Cc1ccc(CNC(=O)CCCn2c(=O)c3sccc3n(CC(=O)Nc3cc(Cl)ccc3C)c2=O)cc1. The van der Waals surface area contributed by atoms with E-state index in [9.17, 15) is 19.2 Å². The molecule has 0 spiro atoms. The molecule has 2 N–H and O–H groups in total. The Morgan fingerprint density at radius 2 is 1.73 bits per heavy atom. The number of aryl methyl sites for hydroxylation is 2. The quantitative estimate of drug-likeness (QED) is 0.333. The summed E-state index contributed by atoms with van der Waals surface area (Å²) >= 11 is 7.25. The molecule has 2 aromatic carbocycles. The van der Waals surface area contributed by atoms with Crippen LogP contribution in [0.1, 0.15) is 29.5 Å². The number of halogens is 1. The first-order valence-electron chi connectivity index (χ1n) is 11.8. The zero-order chi connectivity index (χ0) is 26.5. The standard InChI is InChI=1S/C27H27ClN4O4S/c1-17-5-8-19(9-6-17)15-29-23(33)4-3-12-31-26(35)25-22(11-13-37-25)32(27(31)36)16-24(34)30-21-14-20(28)10-7-18(21)2/h5-11,13-14H,3-4,12,15-16H2,1-2H3,(H,29,33)(H,30,34). The van der Waals surface area contributed by atoms with Gasteiger partial charge in [-0.05, 0) is 55.0 Å².